The number of aromatic nitrogens is 1. The highest BCUT2D eigenvalue weighted by molar-refractivity contribution is 5.93. The number of hydrogen-bond acceptors (Lipinski definition) is 4. The molecular weight excluding hydrogens is 343 g/mol. The average molecular weight is 370 g/mol. The van der Waals surface area contributed by atoms with E-state index in [2.05, 4.69) is 28.6 Å². The number of amides is 1. The van der Waals surface area contributed by atoms with E-state index in [0.29, 0.717) is 17.5 Å². The molecular formula is C21H27FN4O. The molecule has 0 bridgehead atoms. The Morgan fingerprint density at radius 1 is 1.26 bits per heavy atom. The van der Waals surface area contributed by atoms with Gasteiger partial charge in [0.15, 0.2) is 0 Å². The van der Waals surface area contributed by atoms with Crippen LogP contribution >= 0.6 is 0 Å². The van der Waals surface area contributed by atoms with Gasteiger partial charge in [-0.25, -0.2) is 9.37 Å². The zero-order valence-electron chi connectivity index (χ0n) is 15.9. The highest BCUT2D eigenvalue weighted by Gasteiger charge is 2.28. The molecule has 1 aliphatic rings. The van der Waals surface area contributed by atoms with Crippen molar-refractivity contribution in [3.63, 3.8) is 0 Å². The topological polar surface area (TPSA) is 62.5 Å². The van der Waals surface area contributed by atoms with Crippen LogP contribution in [0.1, 0.15) is 36.2 Å². The van der Waals surface area contributed by atoms with Crippen molar-refractivity contribution < 1.29 is 9.18 Å². The first-order valence-corrected chi connectivity index (χ1v) is 9.43. The molecule has 6 heteroatoms. The quantitative estimate of drug-likeness (QED) is 0.879. The fourth-order valence-corrected chi connectivity index (χ4v) is 3.67. The van der Waals surface area contributed by atoms with Crippen molar-refractivity contribution in [1.82, 2.24) is 9.88 Å². The molecule has 2 N–H and O–H groups in total. The highest BCUT2D eigenvalue weighted by atomic mass is 19.1. The Morgan fingerprint density at radius 3 is 2.67 bits per heavy atom. The molecule has 1 amide bonds. The van der Waals surface area contributed by atoms with E-state index in [4.69, 9.17) is 5.73 Å². The Hall–Kier alpha value is -2.47. The molecule has 2 aromatic rings. The molecule has 1 aromatic carbocycles. The first-order valence-electron chi connectivity index (χ1n) is 9.43. The van der Waals surface area contributed by atoms with Gasteiger partial charge in [0.2, 0.25) is 5.91 Å². The van der Waals surface area contributed by atoms with Crippen molar-refractivity contribution in [2.24, 2.45) is 11.7 Å². The molecule has 5 nitrogen and oxygen atoms in total. The summed E-state index contributed by atoms with van der Waals surface area (Å²) in [7, 11) is 0. The van der Waals surface area contributed by atoms with E-state index < -0.39 is 5.91 Å². The van der Waals surface area contributed by atoms with Gasteiger partial charge in [0, 0.05) is 44.0 Å². The minimum Gasteiger partial charge on any atom is -0.366 e. The number of anilines is 1. The zero-order chi connectivity index (χ0) is 19.4. The number of pyridine rings is 1. The van der Waals surface area contributed by atoms with Gasteiger partial charge in [-0.2, -0.15) is 0 Å². The Morgan fingerprint density at radius 2 is 2.00 bits per heavy atom. The van der Waals surface area contributed by atoms with Crippen LogP contribution < -0.4 is 10.6 Å². The van der Waals surface area contributed by atoms with E-state index in [-0.39, 0.29) is 5.82 Å². The largest absolute Gasteiger partial charge is 0.366 e. The summed E-state index contributed by atoms with van der Waals surface area (Å²) in [6.07, 6.45) is 2.63. The normalized spacial score (nSPS) is 18.5. The lowest BCUT2D eigenvalue weighted by atomic mass is 10.0. The van der Waals surface area contributed by atoms with E-state index in [9.17, 15) is 9.18 Å². The van der Waals surface area contributed by atoms with E-state index in [1.165, 1.54) is 12.1 Å². The second-order valence-corrected chi connectivity index (χ2v) is 7.47. The van der Waals surface area contributed by atoms with Gasteiger partial charge in [0.1, 0.15) is 11.6 Å². The predicted molar refractivity (Wildman–Crippen MR) is 105 cm³/mol. The summed E-state index contributed by atoms with van der Waals surface area (Å²) in [5.41, 5.74) is 7.01. The van der Waals surface area contributed by atoms with E-state index in [0.717, 1.165) is 44.0 Å². The number of benzene rings is 1. The van der Waals surface area contributed by atoms with Crippen LogP contribution in [0.25, 0.3) is 0 Å². The number of hydrogen-bond donors (Lipinski definition) is 1. The third-order valence-electron chi connectivity index (χ3n) is 5.17. The molecule has 3 rings (SSSR count). The minimum absolute atomic E-state index is 0.207. The molecule has 0 radical (unpaired) electrons. The molecule has 1 aliphatic heterocycles. The summed E-state index contributed by atoms with van der Waals surface area (Å²) in [5, 5.41) is 0. The van der Waals surface area contributed by atoms with Crippen molar-refractivity contribution in [3.05, 3.63) is 59.5 Å². The van der Waals surface area contributed by atoms with Gasteiger partial charge in [0.05, 0.1) is 0 Å². The van der Waals surface area contributed by atoms with E-state index in [1.807, 2.05) is 12.1 Å². The maximum absolute atomic E-state index is 13.2. The second-order valence-electron chi connectivity index (χ2n) is 7.47. The number of carbonyl (C=O) groups excluding carboxylic acids is 1. The summed E-state index contributed by atoms with van der Waals surface area (Å²) in [6.45, 7) is 7.91. The van der Waals surface area contributed by atoms with Crippen LogP contribution in [0, 0.1) is 11.7 Å². The van der Waals surface area contributed by atoms with E-state index in [1.54, 1.807) is 18.3 Å². The van der Waals surface area contributed by atoms with Crippen molar-refractivity contribution in [1.29, 1.82) is 0 Å². The monoisotopic (exact) mass is 370 g/mol. The van der Waals surface area contributed by atoms with Crippen molar-refractivity contribution in [3.8, 4) is 0 Å². The standard InChI is InChI=1S/C21H27FN4O/c1-15(2)19-14-26(20-12-17(21(23)27)8-9-24-20)11-3-10-25(19)13-16-4-6-18(22)7-5-16/h4-9,12,15,19H,3,10-11,13-14H2,1-2H3,(H2,23,27). The average Bonchev–Trinajstić information content (AvgIpc) is 2.86. The van der Waals surface area contributed by atoms with Gasteiger partial charge in [0.25, 0.3) is 0 Å². The Bertz CT molecular complexity index is 778. The summed E-state index contributed by atoms with van der Waals surface area (Å²) in [6, 6.07) is 10.5. The summed E-state index contributed by atoms with van der Waals surface area (Å²) < 4.78 is 13.2. The fourth-order valence-electron chi connectivity index (χ4n) is 3.67. The van der Waals surface area contributed by atoms with Crippen LogP contribution in [0.15, 0.2) is 42.6 Å². The van der Waals surface area contributed by atoms with Crippen LogP contribution in [-0.2, 0) is 6.54 Å². The van der Waals surface area contributed by atoms with Gasteiger partial charge in [-0.15, -0.1) is 0 Å². The number of rotatable bonds is 5. The second kappa shape index (κ2) is 8.48. The van der Waals surface area contributed by atoms with Crippen LogP contribution in [-0.4, -0.2) is 41.5 Å². The Labute approximate surface area is 160 Å². The number of carbonyl (C=O) groups is 1. The number of primary amides is 1. The molecule has 0 saturated carbocycles. The third kappa shape index (κ3) is 4.83. The Balaban J connectivity index is 1.79. The van der Waals surface area contributed by atoms with Crippen LogP contribution in [0.3, 0.4) is 0 Å². The maximum atomic E-state index is 13.2. The molecule has 144 valence electrons. The molecule has 2 heterocycles. The minimum atomic E-state index is -0.438. The molecule has 0 spiro atoms. The lowest BCUT2D eigenvalue weighted by Gasteiger charge is -2.35. The summed E-state index contributed by atoms with van der Waals surface area (Å²) in [4.78, 5) is 20.7. The molecule has 1 saturated heterocycles. The molecule has 27 heavy (non-hydrogen) atoms. The van der Waals surface area contributed by atoms with Crippen LogP contribution in [0.4, 0.5) is 10.2 Å². The maximum Gasteiger partial charge on any atom is 0.248 e. The van der Waals surface area contributed by atoms with Gasteiger partial charge in [-0.3, -0.25) is 9.69 Å². The number of nitrogens with zero attached hydrogens (tertiary/aromatic N) is 3. The zero-order valence-corrected chi connectivity index (χ0v) is 15.9. The Kier molecular flexibility index (Phi) is 6.06. The van der Waals surface area contributed by atoms with Crippen LogP contribution in [0.2, 0.25) is 0 Å². The molecule has 1 fully saturated rings. The summed E-state index contributed by atoms with van der Waals surface area (Å²) >= 11 is 0. The van der Waals surface area contributed by atoms with Crippen molar-refractivity contribution >= 4 is 11.7 Å². The third-order valence-corrected chi connectivity index (χ3v) is 5.17. The molecule has 0 aliphatic carbocycles. The van der Waals surface area contributed by atoms with E-state index >= 15 is 0 Å². The van der Waals surface area contributed by atoms with Crippen molar-refractivity contribution in [2.75, 3.05) is 24.5 Å². The fraction of sp³-hybridized carbons (Fsp3) is 0.429. The highest BCUT2D eigenvalue weighted by Crippen LogP contribution is 2.23. The van der Waals surface area contributed by atoms with Gasteiger partial charge in [-0.05, 0) is 42.2 Å². The van der Waals surface area contributed by atoms with Crippen molar-refractivity contribution in [2.45, 2.75) is 32.9 Å². The van der Waals surface area contributed by atoms with Gasteiger partial charge in [-0.1, -0.05) is 26.0 Å². The predicted octanol–water partition coefficient (Wildman–Crippen LogP) is 3.06. The lowest BCUT2D eigenvalue weighted by Crippen LogP contribution is -2.44. The lowest BCUT2D eigenvalue weighted by molar-refractivity contribution is 0.1000. The number of nitrogens with two attached hydrogens (primary N) is 1. The first-order chi connectivity index (χ1) is 12.9. The molecule has 1 aromatic heterocycles. The molecule has 1 unspecified atom stereocenters. The number of halogens is 1. The first kappa shape index (κ1) is 19.3. The van der Waals surface area contributed by atoms with Crippen LogP contribution in [0.5, 0.6) is 0 Å². The van der Waals surface area contributed by atoms with Gasteiger partial charge >= 0.3 is 0 Å². The molecule has 1 atom stereocenters. The summed E-state index contributed by atoms with van der Waals surface area (Å²) in [5.74, 6) is 0.597. The SMILES string of the molecule is CC(C)C1CN(c2cc(C(N)=O)ccn2)CCCN1Cc1ccc(F)cc1. The smallest absolute Gasteiger partial charge is 0.248 e. The van der Waals surface area contributed by atoms with Gasteiger partial charge < -0.3 is 10.6 Å².